The summed E-state index contributed by atoms with van der Waals surface area (Å²) >= 11 is 5.97. The highest BCUT2D eigenvalue weighted by atomic mass is 35.5. The molecule has 0 aliphatic rings. The van der Waals surface area contributed by atoms with Gasteiger partial charge in [-0.05, 0) is 36.8 Å². The number of para-hydroxylation sites is 1. The fraction of sp³-hybridized carbons (Fsp3) is 0.211. The van der Waals surface area contributed by atoms with Crippen molar-refractivity contribution in [3.8, 4) is 11.8 Å². The summed E-state index contributed by atoms with van der Waals surface area (Å²) in [7, 11) is 0. The Morgan fingerprint density at radius 1 is 1.23 bits per heavy atom. The van der Waals surface area contributed by atoms with Gasteiger partial charge in [-0.25, -0.2) is 4.79 Å². The van der Waals surface area contributed by atoms with Gasteiger partial charge in [0.25, 0.3) is 0 Å². The lowest BCUT2D eigenvalue weighted by atomic mass is 10.2. The summed E-state index contributed by atoms with van der Waals surface area (Å²) in [6.45, 7) is 1.48. The van der Waals surface area contributed by atoms with Gasteiger partial charge in [0.2, 0.25) is 5.91 Å². The van der Waals surface area contributed by atoms with E-state index in [1.54, 1.807) is 36.4 Å². The molecule has 0 fully saturated rings. The number of hydrogen-bond acceptors (Lipinski definition) is 5. The molecule has 0 saturated heterocycles. The van der Waals surface area contributed by atoms with Crippen molar-refractivity contribution >= 4 is 29.2 Å². The number of nitrogens with zero attached hydrogens (tertiary/aromatic N) is 1. The minimum absolute atomic E-state index is 0.0310. The minimum atomic E-state index is -0.604. The van der Waals surface area contributed by atoms with Gasteiger partial charge < -0.3 is 14.8 Å². The van der Waals surface area contributed by atoms with E-state index in [1.807, 2.05) is 19.1 Å². The molecule has 1 amide bonds. The van der Waals surface area contributed by atoms with E-state index in [0.29, 0.717) is 22.0 Å². The van der Waals surface area contributed by atoms with Crippen LogP contribution in [0.5, 0.6) is 5.75 Å². The van der Waals surface area contributed by atoms with Crippen LogP contribution in [-0.2, 0) is 14.3 Å². The maximum atomic E-state index is 11.9. The summed E-state index contributed by atoms with van der Waals surface area (Å²) in [5.74, 6) is -0.564. The molecule has 0 aliphatic heterocycles. The van der Waals surface area contributed by atoms with E-state index in [2.05, 4.69) is 5.32 Å². The highest BCUT2D eigenvalue weighted by molar-refractivity contribution is 6.32. The summed E-state index contributed by atoms with van der Waals surface area (Å²) in [5, 5.41) is 12.0. The SMILES string of the molecule is Cc1ccc(Cl)c(OCC(=O)OCCC(=O)Nc2ccccc2C#N)c1. The quantitative estimate of drug-likeness (QED) is 0.752. The number of hydrogen-bond donors (Lipinski definition) is 1. The van der Waals surface area contributed by atoms with Crippen molar-refractivity contribution in [2.24, 2.45) is 0 Å². The molecule has 6 nitrogen and oxygen atoms in total. The molecule has 0 aliphatic carbocycles. The molecule has 2 rings (SSSR count). The first-order chi connectivity index (χ1) is 12.5. The molecule has 134 valence electrons. The molecule has 0 radical (unpaired) electrons. The lowest BCUT2D eigenvalue weighted by Gasteiger charge is -2.09. The first-order valence-electron chi connectivity index (χ1n) is 7.83. The Balaban J connectivity index is 1.73. The number of rotatable bonds is 7. The second-order valence-electron chi connectivity index (χ2n) is 5.40. The van der Waals surface area contributed by atoms with Crippen molar-refractivity contribution in [1.29, 1.82) is 5.26 Å². The van der Waals surface area contributed by atoms with Gasteiger partial charge in [0.1, 0.15) is 18.4 Å². The van der Waals surface area contributed by atoms with Crippen LogP contribution in [0.4, 0.5) is 5.69 Å². The number of nitriles is 1. The maximum absolute atomic E-state index is 11.9. The van der Waals surface area contributed by atoms with Gasteiger partial charge in [-0.1, -0.05) is 29.8 Å². The van der Waals surface area contributed by atoms with Crippen LogP contribution < -0.4 is 10.1 Å². The van der Waals surface area contributed by atoms with E-state index in [4.69, 9.17) is 26.3 Å². The second-order valence-corrected chi connectivity index (χ2v) is 5.81. The normalized spacial score (nSPS) is 9.88. The number of amides is 1. The number of halogens is 1. The van der Waals surface area contributed by atoms with Gasteiger partial charge in [0, 0.05) is 0 Å². The average molecular weight is 373 g/mol. The molecule has 0 saturated carbocycles. The number of carbonyl (C=O) groups is 2. The van der Waals surface area contributed by atoms with Crippen molar-refractivity contribution in [3.05, 3.63) is 58.6 Å². The Kier molecular flexibility index (Phi) is 7.01. The number of ether oxygens (including phenoxy) is 2. The molecule has 0 aromatic heterocycles. The van der Waals surface area contributed by atoms with Gasteiger partial charge >= 0.3 is 5.97 Å². The third-order valence-corrected chi connectivity index (χ3v) is 3.66. The topological polar surface area (TPSA) is 88.4 Å². The van der Waals surface area contributed by atoms with Crippen LogP contribution in [0.3, 0.4) is 0 Å². The largest absolute Gasteiger partial charge is 0.480 e. The van der Waals surface area contributed by atoms with Crippen molar-refractivity contribution in [2.75, 3.05) is 18.5 Å². The number of nitrogens with one attached hydrogen (secondary N) is 1. The van der Waals surface area contributed by atoms with Crippen LogP contribution in [0.1, 0.15) is 17.5 Å². The van der Waals surface area contributed by atoms with Crippen LogP contribution in [0, 0.1) is 18.3 Å². The number of carbonyl (C=O) groups excluding carboxylic acids is 2. The van der Waals surface area contributed by atoms with E-state index in [1.165, 1.54) is 0 Å². The molecule has 0 atom stereocenters. The molecule has 2 aromatic carbocycles. The number of esters is 1. The smallest absolute Gasteiger partial charge is 0.344 e. The number of aryl methyl sites for hydroxylation is 1. The van der Waals surface area contributed by atoms with E-state index in [9.17, 15) is 9.59 Å². The van der Waals surface area contributed by atoms with Gasteiger partial charge in [0.05, 0.1) is 22.7 Å². The fourth-order valence-corrected chi connectivity index (χ4v) is 2.23. The third-order valence-electron chi connectivity index (χ3n) is 3.35. The Labute approximate surface area is 156 Å². The lowest BCUT2D eigenvalue weighted by molar-refractivity contribution is -0.146. The zero-order valence-corrected chi connectivity index (χ0v) is 14.9. The van der Waals surface area contributed by atoms with Gasteiger partial charge in [0.15, 0.2) is 6.61 Å². The predicted octanol–water partition coefficient (Wildman–Crippen LogP) is 3.47. The van der Waals surface area contributed by atoms with Crippen LogP contribution in [0.25, 0.3) is 0 Å². The third kappa shape index (κ3) is 5.80. The zero-order chi connectivity index (χ0) is 18.9. The molecule has 7 heteroatoms. The standard InChI is InChI=1S/C19H17ClN2O4/c1-13-6-7-15(20)17(10-13)26-12-19(24)25-9-8-18(23)22-16-5-3-2-4-14(16)11-21/h2-7,10H,8-9,12H2,1H3,(H,22,23). The van der Waals surface area contributed by atoms with Crippen molar-refractivity contribution < 1.29 is 19.1 Å². The molecule has 0 unspecified atom stereocenters. The van der Waals surface area contributed by atoms with E-state index in [-0.39, 0.29) is 25.5 Å². The van der Waals surface area contributed by atoms with Gasteiger partial charge in [-0.15, -0.1) is 0 Å². The van der Waals surface area contributed by atoms with Crippen LogP contribution >= 0.6 is 11.6 Å². The maximum Gasteiger partial charge on any atom is 0.344 e. The predicted molar refractivity (Wildman–Crippen MR) is 97.0 cm³/mol. The number of anilines is 1. The van der Waals surface area contributed by atoms with Crippen molar-refractivity contribution in [1.82, 2.24) is 0 Å². The molecule has 0 bridgehead atoms. The van der Waals surface area contributed by atoms with Crippen LogP contribution in [0.15, 0.2) is 42.5 Å². The molecule has 26 heavy (non-hydrogen) atoms. The zero-order valence-electron chi connectivity index (χ0n) is 14.1. The highest BCUT2D eigenvalue weighted by Gasteiger charge is 2.10. The highest BCUT2D eigenvalue weighted by Crippen LogP contribution is 2.25. The molecule has 1 N–H and O–H groups in total. The summed E-state index contributed by atoms with van der Waals surface area (Å²) < 4.78 is 10.3. The van der Waals surface area contributed by atoms with E-state index < -0.39 is 5.97 Å². The van der Waals surface area contributed by atoms with Crippen LogP contribution in [0.2, 0.25) is 5.02 Å². The second kappa shape index (κ2) is 9.44. The van der Waals surface area contributed by atoms with E-state index >= 15 is 0 Å². The Morgan fingerprint density at radius 3 is 2.77 bits per heavy atom. The van der Waals surface area contributed by atoms with Crippen molar-refractivity contribution in [2.45, 2.75) is 13.3 Å². The fourth-order valence-electron chi connectivity index (χ4n) is 2.06. The Morgan fingerprint density at radius 2 is 2.00 bits per heavy atom. The monoisotopic (exact) mass is 372 g/mol. The molecule has 0 heterocycles. The minimum Gasteiger partial charge on any atom is -0.480 e. The molecular formula is C19H17ClN2O4. The molecular weight excluding hydrogens is 356 g/mol. The van der Waals surface area contributed by atoms with Gasteiger partial charge in [-0.2, -0.15) is 5.26 Å². The molecule has 2 aromatic rings. The number of benzene rings is 2. The summed E-state index contributed by atoms with van der Waals surface area (Å²) in [6.07, 6.45) is -0.0310. The average Bonchev–Trinajstić information content (AvgIpc) is 2.63. The summed E-state index contributed by atoms with van der Waals surface area (Å²) in [4.78, 5) is 23.6. The van der Waals surface area contributed by atoms with Crippen LogP contribution in [-0.4, -0.2) is 25.1 Å². The van der Waals surface area contributed by atoms with Crippen molar-refractivity contribution in [3.63, 3.8) is 0 Å². The Hall–Kier alpha value is -3.04. The lowest BCUT2D eigenvalue weighted by Crippen LogP contribution is -2.19. The van der Waals surface area contributed by atoms with Gasteiger partial charge in [-0.3, -0.25) is 4.79 Å². The summed E-state index contributed by atoms with van der Waals surface area (Å²) in [5.41, 5.74) is 1.73. The Bertz CT molecular complexity index is 846. The summed E-state index contributed by atoms with van der Waals surface area (Å²) in [6, 6.07) is 13.9. The van der Waals surface area contributed by atoms with E-state index in [0.717, 1.165) is 5.56 Å². The first kappa shape index (κ1) is 19.3. The molecule has 0 spiro atoms. The first-order valence-corrected chi connectivity index (χ1v) is 8.21.